The topological polar surface area (TPSA) is 72.2 Å². The van der Waals surface area contributed by atoms with Gasteiger partial charge in [-0.2, -0.15) is 11.8 Å². The summed E-state index contributed by atoms with van der Waals surface area (Å²) in [4.78, 5) is 0. The summed E-state index contributed by atoms with van der Waals surface area (Å²) >= 11 is 2.84. The molecule has 4 nitrogen and oxygen atoms in total. The second-order valence-corrected chi connectivity index (χ2v) is 6.83. The SMILES string of the molecule is CSCCCNS(=O)(=O)c1cc(N)cs1. The summed E-state index contributed by atoms with van der Waals surface area (Å²) in [7, 11) is -3.34. The normalized spacial score (nSPS) is 11.8. The molecule has 7 heteroatoms. The second kappa shape index (κ2) is 5.74. The summed E-state index contributed by atoms with van der Waals surface area (Å²) in [5.74, 6) is 0.953. The van der Waals surface area contributed by atoms with Crippen LogP contribution in [0.4, 0.5) is 5.69 Å². The van der Waals surface area contributed by atoms with Crippen LogP contribution in [-0.2, 0) is 10.0 Å². The van der Waals surface area contributed by atoms with Gasteiger partial charge in [0, 0.05) is 17.6 Å². The van der Waals surface area contributed by atoms with Crippen LogP contribution < -0.4 is 10.5 Å². The molecule has 15 heavy (non-hydrogen) atoms. The van der Waals surface area contributed by atoms with E-state index in [1.165, 1.54) is 6.07 Å². The highest BCUT2D eigenvalue weighted by Crippen LogP contribution is 2.21. The first-order chi connectivity index (χ1) is 7.06. The van der Waals surface area contributed by atoms with E-state index in [2.05, 4.69) is 4.72 Å². The molecule has 1 aromatic rings. The smallest absolute Gasteiger partial charge is 0.250 e. The molecule has 0 atom stereocenters. The maximum absolute atomic E-state index is 11.6. The van der Waals surface area contributed by atoms with Gasteiger partial charge < -0.3 is 5.73 Å². The van der Waals surface area contributed by atoms with Crippen LogP contribution in [0.5, 0.6) is 0 Å². The highest BCUT2D eigenvalue weighted by molar-refractivity contribution is 7.98. The van der Waals surface area contributed by atoms with Crippen LogP contribution in [0.2, 0.25) is 0 Å². The molecule has 0 saturated heterocycles. The van der Waals surface area contributed by atoms with E-state index < -0.39 is 10.0 Å². The van der Waals surface area contributed by atoms with Gasteiger partial charge in [-0.25, -0.2) is 13.1 Å². The van der Waals surface area contributed by atoms with Crippen molar-refractivity contribution in [1.29, 1.82) is 0 Å². The third-order valence-corrected chi connectivity index (χ3v) is 5.29. The number of nitrogens with two attached hydrogens (primary N) is 1. The molecule has 0 aliphatic rings. The van der Waals surface area contributed by atoms with E-state index in [9.17, 15) is 8.42 Å². The Balaban J connectivity index is 2.53. The summed E-state index contributed by atoms with van der Waals surface area (Å²) < 4.78 is 26.1. The van der Waals surface area contributed by atoms with E-state index in [1.54, 1.807) is 17.1 Å². The molecular weight excluding hydrogens is 252 g/mol. The highest BCUT2D eigenvalue weighted by atomic mass is 32.2. The molecule has 0 aliphatic carbocycles. The number of nitrogen functional groups attached to an aromatic ring is 1. The molecule has 0 unspecified atom stereocenters. The fourth-order valence-corrected chi connectivity index (χ4v) is 3.60. The van der Waals surface area contributed by atoms with Crippen LogP contribution >= 0.6 is 23.1 Å². The van der Waals surface area contributed by atoms with Crippen molar-refractivity contribution < 1.29 is 8.42 Å². The molecule has 0 aliphatic heterocycles. The van der Waals surface area contributed by atoms with Gasteiger partial charge in [-0.15, -0.1) is 11.3 Å². The number of hydrogen-bond acceptors (Lipinski definition) is 5. The number of anilines is 1. The van der Waals surface area contributed by atoms with Gasteiger partial charge in [-0.3, -0.25) is 0 Å². The minimum absolute atomic E-state index is 0.282. The molecule has 1 rings (SSSR count). The number of rotatable bonds is 6. The monoisotopic (exact) mass is 266 g/mol. The Hall–Kier alpha value is -0.240. The average Bonchev–Trinajstić information content (AvgIpc) is 2.60. The number of thiophene rings is 1. The molecular formula is C8H14N2O2S3. The van der Waals surface area contributed by atoms with E-state index in [0.29, 0.717) is 12.2 Å². The van der Waals surface area contributed by atoms with Crippen molar-refractivity contribution >= 4 is 38.8 Å². The third-order valence-electron chi connectivity index (χ3n) is 1.68. The summed E-state index contributed by atoms with van der Waals surface area (Å²) in [6, 6.07) is 1.47. The van der Waals surface area contributed by atoms with E-state index in [1.807, 2.05) is 6.26 Å². The fourth-order valence-electron chi connectivity index (χ4n) is 0.965. The minimum Gasteiger partial charge on any atom is -0.398 e. The predicted molar refractivity (Wildman–Crippen MR) is 66.9 cm³/mol. The summed E-state index contributed by atoms with van der Waals surface area (Å²) in [5, 5.41) is 1.62. The zero-order valence-electron chi connectivity index (χ0n) is 8.39. The van der Waals surface area contributed by atoms with Gasteiger partial charge in [0.25, 0.3) is 0 Å². The minimum atomic E-state index is -3.34. The Kier molecular flexibility index (Phi) is 4.91. The quantitative estimate of drug-likeness (QED) is 0.763. The molecule has 0 bridgehead atoms. The molecule has 0 radical (unpaired) electrons. The molecule has 0 fully saturated rings. The van der Waals surface area contributed by atoms with Gasteiger partial charge in [0.15, 0.2) is 0 Å². The summed E-state index contributed by atoms with van der Waals surface area (Å²) in [5.41, 5.74) is 5.96. The largest absolute Gasteiger partial charge is 0.398 e. The lowest BCUT2D eigenvalue weighted by atomic mass is 10.5. The lowest BCUT2D eigenvalue weighted by Crippen LogP contribution is -2.24. The Bertz CT molecular complexity index is 400. The van der Waals surface area contributed by atoms with Crippen molar-refractivity contribution in [3.05, 3.63) is 11.4 Å². The maximum atomic E-state index is 11.6. The molecule has 0 spiro atoms. The van der Waals surface area contributed by atoms with Gasteiger partial charge in [0.05, 0.1) is 0 Å². The van der Waals surface area contributed by atoms with Crippen LogP contribution in [0.3, 0.4) is 0 Å². The third kappa shape index (κ3) is 4.02. The molecule has 3 N–H and O–H groups in total. The second-order valence-electron chi connectivity index (χ2n) is 2.94. The Labute approximate surface area is 98.3 Å². The zero-order chi connectivity index (χ0) is 11.3. The van der Waals surface area contributed by atoms with E-state index in [0.717, 1.165) is 23.5 Å². The fraction of sp³-hybridized carbons (Fsp3) is 0.500. The number of hydrogen-bond donors (Lipinski definition) is 2. The van der Waals surface area contributed by atoms with Gasteiger partial charge in [-0.1, -0.05) is 0 Å². The number of thioether (sulfide) groups is 1. The summed E-state index contributed by atoms with van der Waals surface area (Å²) in [6.07, 6.45) is 2.83. The van der Waals surface area contributed by atoms with Crippen molar-refractivity contribution in [3.63, 3.8) is 0 Å². The first-order valence-corrected chi connectivity index (χ1v) is 8.14. The van der Waals surface area contributed by atoms with Crippen molar-refractivity contribution in [2.75, 3.05) is 24.3 Å². The maximum Gasteiger partial charge on any atom is 0.250 e. The van der Waals surface area contributed by atoms with Crippen LogP contribution in [0.15, 0.2) is 15.7 Å². The van der Waals surface area contributed by atoms with Gasteiger partial charge in [-0.05, 0) is 24.5 Å². The molecule has 0 saturated carbocycles. The summed E-state index contributed by atoms with van der Waals surface area (Å²) in [6.45, 7) is 0.473. The van der Waals surface area contributed by atoms with E-state index in [4.69, 9.17) is 5.73 Å². The average molecular weight is 266 g/mol. The van der Waals surface area contributed by atoms with Crippen molar-refractivity contribution in [1.82, 2.24) is 4.72 Å². The van der Waals surface area contributed by atoms with Gasteiger partial charge >= 0.3 is 0 Å². The van der Waals surface area contributed by atoms with Gasteiger partial charge in [0.2, 0.25) is 10.0 Å². The van der Waals surface area contributed by atoms with Crippen LogP contribution in [0, 0.1) is 0 Å². The molecule has 1 heterocycles. The van der Waals surface area contributed by atoms with Crippen LogP contribution in [-0.4, -0.2) is 27.0 Å². The van der Waals surface area contributed by atoms with Crippen molar-refractivity contribution in [2.45, 2.75) is 10.6 Å². The molecule has 0 amide bonds. The Morgan fingerprint density at radius 3 is 2.87 bits per heavy atom. The number of sulfonamides is 1. The Morgan fingerprint density at radius 2 is 2.33 bits per heavy atom. The highest BCUT2D eigenvalue weighted by Gasteiger charge is 2.14. The van der Waals surface area contributed by atoms with Crippen LogP contribution in [0.1, 0.15) is 6.42 Å². The number of nitrogens with one attached hydrogen (secondary N) is 1. The van der Waals surface area contributed by atoms with Crippen molar-refractivity contribution in [2.24, 2.45) is 0 Å². The zero-order valence-corrected chi connectivity index (χ0v) is 10.8. The van der Waals surface area contributed by atoms with Gasteiger partial charge in [0.1, 0.15) is 4.21 Å². The lowest BCUT2D eigenvalue weighted by molar-refractivity contribution is 0.583. The molecule has 86 valence electrons. The standard InChI is InChI=1S/C8H14N2O2S3/c1-13-4-2-3-10-15(11,12)8-5-7(9)6-14-8/h5-6,10H,2-4,9H2,1H3. The molecule has 0 aromatic carbocycles. The lowest BCUT2D eigenvalue weighted by Gasteiger charge is -2.03. The Morgan fingerprint density at radius 1 is 1.60 bits per heavy atom. The van der Waals surface area contributed by atoms with Crippen molar-refractivity contribution in [3.8, 4) is 0 Å². The molecule has 1 aromatic heterocycles. The first kappa shape index (κ1) is 12.8. The van der Waals surface area contributed by atoms with E-state index in [-0.39, 0.29) is 4.21 Å². The predicted octanol–water partition coefficient (Wildman–Crippen LogP) is 1.36. The van der Waals surface area contributed by atoms with E-state index >= 15 is 0 Å². The van der Waals surface area contributed by atoms with Crippen LogP contribution in [0.25, 0.3) is 0 Å². The first-order valence-electron chi connectivity index (χ1n) is 4.39.